The molecule has 1 aliphatic carbocycles. The number of piperidine rings is 1. The van der Waals surface area contributed by atoms with Gasteiger partial charge < -0.3 is 5.32 Å². The third-order valence-electron chi connectivity index (χ3n) is 3.00. The van der Waals surface area contributed by atoms with Crippen LogP contribution in [0.2, 0.25) is 0 Å². The van der Waals surface area contributed by atoms with Gasteiger partial charge in [-0.05, 0) is 25.2 Å². The second-order valence-electron chi connectivity index (χ2n) is 3.76. The monoisotopic (exact) mass is 153 g/mol. The molecular weight excluding hydrogens is 138 g/mol. The van der Waals surface area contributed by atoms with Crippen LogP contribution in [0.15, 0.2) is 0 Å². The van der Waals surface area contributed by atoms with Gasteiger partial charge in [0, 0.05) is 12.5 Å². The minimum Gasteiger partial charge on any atom is -0.353 e. The Hall–Kier alpha value is -0.530. The Morgan fingerprint density at radius 1 is 1.18 bits per heavy atom. The Morgan fingerprint density at radius 3 is 2.91 bits per heavy atom. The van der Waals surface area contributed by atoms with E-state index < -0.39 is 0 Å². The fourth-order valence-electron chi connectivity index (χ4n) is 2.34. The third kappa shape index (κ3) is 1.39. The van der Waals surface area contributed by atoms with Crippen molar-refractivity contribution in [2.45, 2.75) is 44.6 Å². The van der Waals surface area contributed by atoms with Crippen molar-refractivity contribution < 1.29 is 4.79 Å². The molecule has 2 rings (SSSR count). The van der Waals surface area contributed by atoms with Crippen LogP contribution in [0, 0.1) is 5.92 Å². The number of fused-ring (bicyclic) bond motifs is 1. The smallest absolute Gasteiger partial charge is 0.220 e. The Balaban J connectivity index is 1.98. The zero-order valence-corrected chi connectivity index (χ0v) is 6.81. The summed E-state index contributed by atoms with van der Waals surface area (Å²) in [4.78, 5) is 11.0. The van der Waals surface area contributed by atoms with Crippen molar-refractivity contribution in [1.82, 2.24) is 5.32 Å². The van der Waals surface area contributed by atoms with E-state index in [4.69, 9.17) is 0 Å². The van der Waals surface area contributed by atoms with Crippen LogP contribution in [-0.2, 0) is 4.79 Å². The molecule has 1 heterocycles. The number of carbonyl (C=O) groups is 1. The Morgan fingerprint density at radius 2 is 2.00 bits per heavy atom. The highest BCUT2D eigenvalue weighted by molar-refractivity contribution is 5.77. The van der Waals surface area contributed by atoms with Gasteiger partial charge in [0.15, 0.2) is 0 Å². The van der Waals surface area contributed by atoms with E-state index in [-0.39, 0.29) is 5.91 Å². The minimum atomic E-state index is 0.271. The van der Waals surface area contributed by atoms with Crippen LogP contribution in [0.25, 0.3) is 0 Å². The van der Waals surface area contributed by atoms with Gasteiger partial charge in [0.1, 0.15) is 0 Å². The lowest BCUT2D eigenvalue weighted by atomic mass is 9.79. The molecule has 11 heavy (non-hydrogen) atoms. The van der Waals surface area contributed by atoms with E-state index in [1.807, 2.05) is 0 Å². The third-order valence-corrected chi connectivity index (χ3v) is 3.00. The van der Waals surface area contributed by atoms with Crippen molar-refractivity contribution in [3.8, 4) is 0 Å². The Labute approximate surface area is 67.4 Å². The highest BCUT2D eigenvalue weighted by Gasteiger charge is 2.30. The first kappa shape index (κ1) is 7.14. The van der Waals surface area contributed by atoms with E-state index in [2.05, 4.69) is 5.32 Å². The molecular formula is C9H15NO. The maximum absolute atomic E-state index is 11.0. The van der Waals surface area contributed by atoms with Crippen molar-refractivity contribution in [3.63, 3.8) is 0 Å². The molecule has 2 aliphatic rings. The number of amides is 1. The summed E-state index contributed by atoms with van der Waals surface area (Å²) in [5.74, 6) is 1.08. The highest BCUT2D eigenvalue weighted by Crippen LogP contribution is 2.30. The van der Waals surface area contributed by atoms with Gasteiger partial charge in [0.2, 0.25) is 5.91 Å². The standard InChI is InChI=1S/C9H15NO/c11-9-6-5-7-3-1-2-4-8(7)10-9/h7-8H,1-6H2,(H,10,11)/t7-,8-/m1/s1. The predicted octanol–water partition coefficient (Wildman–Crippen LogP) is 1.46. The second kappa shape index (κ2) is 2.84. The molecule has 0 aromatic heterocycles. The number of hydrogen-bond acceptors (Lipinski definition) is 1. The van der Waals surface area contributed by atoms with Crippen molar-refractivity contribution in [3.05, 3.63) is 0 Å². The van der Waals surface area contributed by atoms with E-state index >= 15 is 0 Å². The maximum Gasteiger partial charge on any atom is 0.220 e. The first-order valence-electron chi connectivity index (χ1n) is 4.65. The molecule has 2 nitrogen and oxygen atoms in total. The molecule has 0 aromatic rings. The topological polar surface area (TPSA) is 29.1 Å². The molecule has 1 amide bonds. The minimum absolute atomic E-state index is 0.271. The Kier molecular flexibility index (Phi) is 1.84. The summed E-state index contributed by atoms with van der Waals surface area (Å²) in [6.07, 6.45) is 7.14. The molecule has 0 bridgehead atoms. The molecule has 0 radical (unpaired) electrons. The summed E-state index contributed by atoms with van der Waals surface area (Å²) in [6.45, 7) is 0. The van der Waals surface area contributed by atoms with Crippen molar-refractivity contribution in [2.75, 3.05) is 0 Å². The van der Waals surface area contributed by atoms with Crippen LogP contribution in [0.4, 0.5) is 0 Å². The summed E-state index contributed by atoms with van der Waals surface area (Å²) in [5, 5.41) is 3.08. The number of hydrogen-bond donors (Lipinski definition) is 1. The van der Waals surface area contributed by atoms with Gasteiger partial charge in [0.25, 0.3) is 0 Å². The van der Waals surface area contributed by atoms with Crippen LogP contribution in [-0.4, -0.2) is 11.9 Å². The summed E-state index contributed by atoms with van der Waals surface area (Å²) < 4.78 is 0. The van der Waals surface area contributed by atoms with E-state index in [0.717, 1.165) is 18.8 Å². The molecule has 1 saturated carbocycles. The average Bonchev–Trinajstić information content (AvgIpc) is 2.04. The van der Waals surface area contributed by atoms with Crippen LogP contribution in [0.1, 0.15) is 38.5 Å². The lowest BCUT2D eigenvalue weighted by molar-refractivity contribution is -0.124. The molecule has 2 fully saturated rings. The quantitative estimate of drug-likeness (QED) is 0.560. The number of rotatable bonds is 0. The summed E-state index contributed by atoms with van der Waals surface area (Å²) in [5.41, 5.74) is 0. The summed E-state index contributed by atoms with van der Waals surface area (Å²) in [6, 6.07) is 0.532. The first-order valence-corrected chi connectivity index (χ1v) is 4.65. The van der Waals surface area contributed by atoms with Crippen molar-refractivity contribution in [1.29, 1.82) is 0 Å². The van der Waals surface area contributed by atoms with Crippen molar-refractivity contribution in [2.24, 2.45) is 5.92 Å². The molecule has 0 unspecified atom stereocenters. The Bertz CT molecular complexity index is 167. The zero-order valence-electron chi connectivity index (χ0n) is 6.81. The fraction of sp³-hybridized carbons (Fsp3) is 0.889. The predicted molar refractivity (Wildman–Crippen MR) is 43.1 cm³/mol. The van der Waals surface area contributed by atoms with Gasteiger partial charge in [0.05, 0.1) is 0 Å². The van der Waals surface area contributed by atoms with Crippen LogP contribution < -0.4 is 5.32 Å². The van der Waals surface area contributed by atoms with Gasteiger partial charge in [-0.3, -0.25) is 4.79 Å². The van der Waals surface area contributed by atoms with Gasteiger partial charge in [-0.15, -0.1) is 0 Å². The van der Waals surface area contributed by atoms with E-state index in [1.165, 1.54) is 25.7 Å². The van der Waals surface area contributed by atoms with E-state index in [9.17, 15) is 4.79 Å². The molecule has 2 atom stereocenters. The average molecular weight is 153 g/mol. The largest absolute Gasteiger partial charge is 0.353 e. The van der Waals surface area contributed by atoms with E-state index in [1.54, 1.807) is 0 Å². The van der Waals surface area contributed by atoms with Gasteiger partial charge in [-0.25, -0.2) is 0 Å². The fourth-order valence-corrected chi connectivity index (χ4v) is 2.34. The van der Waals surface area contributed by atoms with Gasteiger partial charge >= 0.3 is 0 Å². The van der Waals surface area contributed by atoms with Crippen LogP contribution in [0.5, 0.6) is 0 Å². The lowest BCUT2D eigenvalue weighted by Crippen LogP contribution is -2.46. The second-order valence-corrected chi connectivity index (χ2v) is 3.76. The molecule has 1 N–H and O–H groups in total. The molecule has 2 heteroatoms. The molecule has 1 saturated heterocycles. The normalized spacial score (nSPS) is 37.6. The lowest BCUT2D eigenvalue weighted by Gasteiger charge is -2.35. The van der Waals surface area contributed by atoms with Crippen molar-refractivity contribution >= 4 is 5.91 Å². The summed E-state index contributed by atoms with van der Waals surface area (Å²) in [7, 11) is 0. The van der Waals surface area contributed by atoms with Gasteiger partial charge in [-0.1, -0.05) is 12.8 Å². The van der Waals surface area contributed by atoms with Crippen LogP contribution >= 0.6 is 0 Å². The summed E-state index contributed by atoms with van der Waals surface area (Å²) >= 11 is 0. The van der Waals surface area contributed by atoms with Gasteiger partial charge in [-0.2, -0.15) is 0 Å². The highest BCUT2D eigenvalue weighted by atomic mass is 16.1. The van der Waals surface area contributed by atoms with Crippen LogP contribution in [0.3, 0.4) is 0 Å². The molecule has 0 spiro atoms. The molecule has 0 aromatic carbocycles. The first-order chi connectivity index (χ1) is 5.36. The number of carbonyl (C=O) groups excluding carboxylic acids is 1. The molecule has 1 aliphatic heterocycles. The number of nitrogens with one attached hydrogen (secondary N) is 1. The van der Waals surface area contributed by atoms with E-state index in [0.29, 0.717) is 6.04 Å². The zero-order chi connectivity index (χ0) is 7.68. The SMILES string of the molecule is O=C1CC[C@H]2CCCC[C@H]2N1. The maximum atomic E-state index is 11.0. The molecule has 62 valence electrons.